The van der Waals surface area contributed by atoms with E-state index in [0.29, 0.717) is 35.7 Å². The van der Waals surface area contributed by atoms with Crippen LogP contribution in [0.3, 0.4) is 0 Å². The molecular formula is C29H29N5O3. The van der Waals surface area contributed by atoms with Crippen molar-refractivity contribution in [2.75, 3.05) is 13.1 Å². The molecular weight excluding hydrogens is 466 g/mol. The van der Waals surface area contributed by atoms with Gasteiger partial charge in [-0.15, -0.1) is 0 Å². The molecule has 0 atom stereocenters. The van der Waals surface area contributed by atoms with E-state index in [-0.39, 0.29) is 12.0 Å². The molecule has 2 aromatic carbocycles. The van der Waals surface area contributed by atoms with Crippen LogP contribution in [0, 0.1) is 11.3 Å². The SMILES string of the molecule is CC(C)(C)OC(=O)N1CCC(c2ccnc3c(C#N)c(-c4ccc(Oc5ccccc5)cc4)nn23)CC1. The van der Waals surface area contributed by atoms with Gasteiger partial charge in [0.25, 0.3) is 0 Å². The van der Waals surface area contributed by atoms with Crippen molar-refractivity contribution < 1.29 is 14.3 Å². The van der Waals surface area contributed by atoms with E-state index in [0.717, 1.165) is 29.8 Å². The summed E-state index contributed by atoms with van der Waals surface area (Å²) in [5, 5.41) is 14.8. The first-order valence-electron chi connectivity index (χ1n) is 12.4. The maximum Gasteiger partial charge on any atom is 0.410 e. The average Bonchev–Trinajstić information content (AvgIpc) is 3.28. The molecule has 4 aromatic rings. The molecule has 1 aliphatic rings. The summed E-state index contributed by atoms with van der Waals surface area (Å²) in [6, 6.07) is 21.4. The van der Waals surface area contributed by atoms with Gasteiger partial charge < -0.3 is 14.4 Å². The largest absolute Gasteiger partial charge is 0.457 e. The lowest BCUT2D eigenvalue weighted by Gasteiger charge is -2.33. The highest BCUT2D eigenvalue weighted by atomic mass is 16.6. The predicted octanol–water partition coefficient (Wildman–Crippen LogP) is 6.17. The summed E-state index contributed by atoms with van der Waals surface area (Å²) in [5.74, 6) is 1.64. The third kappa shape index (κ3) is 5.26. The number of hydrogen-bond acceptors (Lipinski definition) is 6. The van der Waals surface area contributed by atoms with Crippen LogP contribution in [0.25, 0.3) is 16.9 Å². The Hall–Kier alpha value is -4.38. The number of hydrogen-bond donors (Lipinski definition) is 0. The summed E-state index contributed by atoms with van der Waals surface area (Å²) in [5.41, 5.74) is 2.84. The van der Waals surface area contributed by atoms with Gasteiger partial charge in [-0.2, -0.15) is 10.4 Å². The third-order valence-corrected chi connectivity index (χ3v) is 6.33. The number of para-hydroxylation sites is 1. The van der Waals surface area contributed by atoms with Crippen molar-refractivity contribution >= 4 is 11.7 Å². The second-order valence-electron chi connectivity index (χ2n) is 10.1. The Morgan fingerprint density at radius 2 is 1.68 bits per heavy atom. The van der Waals surface area contributed by atoms with Crippen LogP contribution in [0.5, 0.6) is 11.5 Å². The molecule has 2 aromatic heterocycles. The first-order chi connectivity index (χ1) is 17.8. The number of fused-ring (bicyclic) bond motifs is 1. The zero-order valence-electron chi connectivity index (χ0n) is 21.2. The average molecular weight is 496 g/mol. The van der Waals surface area contributed by atoms with Crippen LogP contribution in [-0.2, 0) is 4.74 Å². The number of benzene rings is 2. The molecule has 3 heterocycles. The minimum absolute atomic E-state index is 0.185. The van der Waals surface area contributed by atoms with Crippen molar-refractivity contribution in [3.05, 3.63) is 78.1 Å². The fourth-order valence-corrected chi connectivity index (χ4v) is 4.57. The fourth-order valence-electron chi connectivity index (χ4n) is 4.57. The smallest absolute Gasteiger partial charge is 0.410 e. The van der Waals surface area contributed by atoms with Gasteiger partial charge in [-0.1, -0.05) is 18.2 Å². The van der Waals surface area contributed by atoms with Crippen LogP contribution >= 0.6 is 0 Å². The topological polar surface area (TPSA) is 92.8 Å². The zero-order chi connectivity index (χ0) is 26.0. The number of aromatic nitrogens is 3. The van der Waals surface area contributed by atoms with Gasteiger partial charge in [0.15, 0.2) is 5.65 Å². The third-order valence-electron chi connectivity index (χ3n) is 6.33. The summed E-state index contributed by atoms with van der Waals surface area (Å²) < 4.78 is 13.2. The maximum atomic E-state index is 12.5. The number of amides is 1. The minimum Gasteiger partial charge on any atom is -0.457 e. The van der Waals surface area contributed by atoms with Crippen molar-refractivity contribution in [3.8, 4) is 28.8 Å². The van der Waals surface area contributed by atoms with Crippen LogP contribution in [0.1, 0.15) is 50.8 Å². The van der Waals surface area contributed by atoms with Gasteiger partial charge in [-0.05, 0) is 76.1 Å². The number of carbonyl (C=O) groups is 1. The van der Waals surface area contributed by atoms with Gasteiger partial charge >= 0.3 is 6.09 Å². The van der Waals surface area contributed by atoms with Crippen LogP contribution in [0.2, 0.25) is 0 Å². The van der Waals surface area contributed by atoms with Crippen molar-refractivity contribution in [1.82, 2.24) is 19.5 Å². The van der Waals surface area contributed by atoms with Gasteiger partial charge in [0.05, 0.1) is 0 Å². The Labute approximate surface area is 216 Å². The summed E-state index contributed by atoms with van der Waals surface area (Å²) in [6.07, 6.45) is 3.01. The molecule has 0 bridgehead atoms. The lowest BCUT2D eigenvalue weighted by molar-refractivity contribution is 0.0203. The Morgan fingerprint density at radius 3 is 2.32 bits per heavy atom. The maximum absolute atomic E-state index is 12.5. The zero-order valence-corrected chi connectivity index (χ0v) is 21.2. The van der Waals surface area contributed by atoms with Crippen LogP contribution < -0.4 is 4.74 Å². The summed E-state index contributed by atoms with van der Waals surface area (Å²) in [6.45, 7) is 6.82. The van der Waals surface area contributed by atoms with E-state index in [4.69, 9.17) is 14.6 Å². The molecule has 0 radical (unpaired) electrons. The second kappa shape index (κ2) is 9.94. The molecule has 8 heteroatoms. The lowest BCUT2D eigenvalue weighted by Crippen LogP contribution is -2.41. The van der Waals surface area contributed by atoms with Crippen molar-refractivity contribution in [3.63, 3.8) is 0 Å². The Balaban J connectivity index is 1.38. The van der Waals surface area contributed by atoms with E-state index < -0.39 is 5.60 Å². The number of ether oxygens (including phenoxy) is 2. The summed E-state index contributed by atoms with van der Waals surface area (Å²) in [4.78, 5) is 18.7. The van der Waals surface area contributed by atoms with Crippen molar-refractivity contribution in [2.24, 2.45) is 0 Å². The molecule has 1 fully saturated rings. The van der Waals surface area contributed by atoms with E-state index in [1.165, 1.54) is 0 Å². The normalized spacial score (nSPS) is 14.4. The molecule has 37 heavy (non-hydrogen) atoms. The first-order valence-corrected chi connectivity index (χ1v) is 12.4. The van der Waals surface area contributed by atoms with Gasteiger partial charge in [0.2, 0.25) is 0 Å². The molecule has 0 unspecified atom stereocenters. The number of likely N-dealkylation sites (tertiary alicyclic amines) is 1. The van der Waals surface area contributed by atoms with Crippen molar-refractivity contribution in [1.29, 1.82) is 5.26 Å². The summed E-state index contributed by atoms with van der Waals surface area (Å²) >= 11 is 0. The monoisotopic (exact) mass is 495 g/mol. The molecule has 0 saturated carbocycles. The highest BCUT2D eigenvalue weighted by Crippen LogP contribution is 2.33. The quantitative estimate of drug-likeness (QED) is 0.336. The number of rotatable bonds is 4. The van der Waals surface area contributed by atoms with Gasteiger partial charge in [-0.25, -0.2) is 14.3 Å². The number of piperidine rings is 1. The van der Waals surface area contributed by atoms with Gasteiger partial charge in [-0.3, -0.25) is 0 Å². The van der Waals surface area contributed by atoms with Gasteiger partial charge in [0, 0.05) is 36.5 Å². The molecule has 1 amide bonds. The molecule has 188 valence electrons. The highest BCUT2D eigenvalue weighted by Gasteiger charge is 2.29. The molecule has 0 N–H and O–H groups in total. The van der Waals surface area contributed by atoms with Crippen LogP contribution in [-0.4, -0.2) is 44.3 Å². The van der Waals surface area contributed by atoms with E-state index in [1.807, 2.05) is 81.4 Å². The molecule has 1 aliphatic heterocycles. The number of carbonyl (C=O) groups excluding carboxylic acids is 1. The fraction of sp³-hybridized carbons (Fsp3) is 0.310. The second-order valence-corrected chi connectivity index (χ2v) is 10.1. The first kappa shape index (κ1) is 24.3. The number of nitrogens with zero attached hydrogens (tertiary/aromatic N) is 5. The number of nitriles is 1. The van der Waals surface area contributed by atoms with E-state index >= 15 is 0 Å². The highest BCUT2D eigenvalue weighted by molar-refractivity contribution is 5.75. The minimum atomic E-state index is -0.518. The predicted molar refractivity (Wildman–Crippen MR) is 139 cm³/mol. The Morgan fingerprint density at radius 1 is 1.00 bits per heavy atom. The van der Waals surface area contributed by atoms with Crippen LogP contribution in [0.15, 0.2) is 66.9 Å². The van der Waals surface area contributed by atoms with Crippen LogP contribution in [0.4, 0.5) is 4.79 Å². The molecule has 5 rings (SSSR count). The van der Waals surface area contributed by atoms with E-state index in [9.17, 15) is 10.1 Å². The molecule has 0 aliphatic carbocycles. The van der Waals surface area contributed by atoms with Crippen molar-refractivity contribution in [2.45, 2.75) is 45.1 Å². The van der Waals surface area contributed by atoms with E-state index in [1.54, 1.807) is 15.6 Å². The molecule has 0 spiro atoms. The van der Waals surface area contributed by atoms with E-state index in [2.05, 4.69) is 11.1 Å². The Kier molecular flexibility index (Phi) is 6.53. The van der Waals surface area contributed by atoms with Gasteiger partial charge in [0.1, 0.15) is 34.4 Å². The lowest BCUT2D eigenvalue weighted by atomic mass is 9.93. The standard InChI is InChI=1S/C29H29N5O3/c1-29(2,3)37-28(35)33-17-14-20(15-18-33)25-13-16-31-27-24(19-30)26(32-34(25)27)21-9-11-23(12-10-21)36-22-7-5-4-6-8-22/h4-13,16,20H,14-15,17-18H2,1-3H3. The summed E-state index contributed by atoms with van der Waals surface area (Å²) in [7, 11) is 0. The molecule has 1 saturated heterocycles. The Bertz CT molecular complexity index is 1440. The molecule has 8 nitrogen and oxygen atoms in total.